The molecule has 1 aromatic heterocycles. The second-order valence-corrected chi connectivity index (χ2v) is 5.54. The first-order chi connectivity index (χ1) is 6.99. The molecular weight excluding hydrogens is 275 g/mol. The van der Waals surface area contributed by atoms with Crippen LogP contribution in [0.1, 0.15) is 25.8 Å². The third-order valence-electron chi connectivity index (χ3n) is 2.11. The maximum atomic E-state index is 5.94. The quantitative estimate of drug-likeness (QED) is 0.849. The Morgan fingerprint density at radius 1 is 1.53 bits per heavy atom. The molecule has 4 heteroatoms. The number of aryl methyl sites for hydroxylation is 1. The van der Waals surface area contributed by atoms with Gasteiger partial charge in [0, 0.05) is 22.1 Å². The summed E-state index contributed by atoms with van der Waals surface area (Å²) < 4.78 is 1.00. The highest BCUT2D eigenvalue weighted by molar-refractivity contribution is 9.10. The molecule has 1 N–H and O–H groups in total. The van der Waals surface area contributed by atoms with Crippen molar-refractivity contribution in [3.05, 3.63) is 22.3 Å². The van der Waals surface area contributed by atoms with Crippen LogP contribution in [0.25, 0.3) is 0 Å². The van der Waals surface area contributed by atoms with Crippen molar-refractivity contribution in [3.63, 3.8) is 0 Å². The number of hydrogen-bond acceptors (Lipinski definition) is 2. The summed E-state index contributed by atoms with van der Waals surface area (Å²) in [5.41, 5.74) is 1.14. The van der Waals surface area contributed by atoms with Crippen LogP contribution in [0.15, 0.2) is 16.7 Å². The highest BCUT2D eigenvalue weighted by Crippen LogP contribution is 2.18. The van der Waals surface area contributed by atoms with E-state index >= 15 is 0 Å². The van der Waals surface area contributed by atoms with Crippen LogP contribution in [0.3, 0.4) is 0 Å². The zero-order valence-electron chi connectivity index (χ0n) is 9.22. The van der Waals surface area contributed by atoms with Crippen molar-refractivity contribution in [3.8, 4) is 0 Å². The Bertz CT molecular complexity index is 328. The van der Waals surface area contributed by atoms with Crippen molar-refractivity contribution in [2.75, 3.05) is 5.32 Å². The molecule has 0 spiro atoms. The monoisotopic (exact) mass is 290 g/mol. The Kier molecular flexibility index (Phi) is 4.87. The van der Waals surface area contributed by atoms with Gasteiger partial charge in [0.2, 0.25) is 0 Å². The largest absolute Gasteiger partial charge is 0.367 e. The summed E-state index contributed by atoms with van der Waals surface area (Å²) in [6.07, 6.45) is 2.73. The molecule has 1 heterocycles. The van der Waals surface area contributed by atoms with E-state index in [9.17, 15) is 0 Å². The topological polar surface area (TPSA) is 24.9 Å². The highest BCUT2D eigenvalue weighted by Gasteiger charge is 2.08. The first kappa shape index (κ1) is 12.8. The second-order valence-electron chi connectivity index (χ2n) is 3.88. The van der Waals surface area contributed by atoms with E-state index < -0.39 is 0 Å². The molecule has 0 saturated heterocycles. The summed E-state index contributed by atoms with van der Waals surface area (Å²) >= 11 is 9.33. The van der Waals surface area contributed by atoms with Gasteiger partial charge in [-0.3, -0.25) is 0 Å². The molecule has 0 fully saturated rings. The van der Waals surface area contributed by atoms with E-state index in [0.29, 0.717) is 6.04 Å². The number of pyridine rings is 1. The van der Waals surface area contributed by atoms with Gasteiger partial charge in [-0.1, -0.05) is 0 Å². The molecule has 2 nitrogen and oxygen atoms in total. The number of alkyl halides is 1. The number of aromatic nitrogens is 1. The van der Waals surface area contributed by atoms with Crippen molar-refractivity contribution in [1.29, 1.82) is 0 Å². The third-order valence-corrected chi connectivity index (χ3v) is 2.72. The SMILES string of the molecule is Cc1cc(Br)cnc1NC(C)CC(C)Cl. The van der Waals surface area contributed by atoms with Gasteiger partial charge in [-0.15, -0.1) is 11.6 Å². The zero-order valence-corrected chi connectivity index (χ0v) is 11.6. The standard InChI is InChI=1S/C11H16BrClN2/c1-7-4-10(12)6-14-11(7)15-9(3)5-8(2)13/h4,6,8-9H,5H2,1-3H3,(H,14,15). The van der Waals surface area contributed by atoms with Gasteiger partial charge in [0.05, 0.1) is 0 Å². The smallest absolute Gasteiger partial charge is 0.129 e. The Hall–Kier alpha value is -0.280. The minimum Gasteiger partial charge on any atom is -0.367 e. The predicted octanol–water partition coefficient (Wildman–Crippen LogP) is 3.97. The van der Waals surface area contributed by atoms with Gasteiger partial charge in [-0.25, -0.2) is 4.98 Å². The van der Waals surface area contributed by atoms with Crippen LogP contribution in [-0.4, -0.2) is 16.4 Å². The molecule has 15 heavy (non-hydrogen) atoms. The molecule has 2 atom stereocenters. The first-order valence-corrected chi connectivity index (χ1v) is 6.24. The molecule has 0 aliphatic carbocycles. The number of nitrogens with zero attached hydrogens (tertiary/aromatic N) is 1. The van der Waals surface area contributed by atoms with E-state index in [-0.39, 0.29) is 5.38 Å². The van der Waals surface area contributed by atoms with Crippen molar-refractivity contribution in [1.82, 2.24) is 4.98 Å². The lowest BCUT2D eigenvalue weighted by molar-refractivity contribution is 0.693. The lowest BCUT2D eigenvalue weighted by atomic mass is 10.2. The lowest BCUT2D eigenvalue weighted by Crippen LogP contribution is -2.19. The molecule has 0 radical (unpaired) electrons. The summed E-state index contributed by atoms with van der Waals surface area (Å²) in [6, 6.07) is 2.39. The number of rotatable bonds is 4. The minimum atomic E-state index is 0.184. The van der Waals surface area contributed by atoms with Crippen LogP contribution >= 0.6 is 27.5 Å². The number of halogens is 2. The fraction of sp³-hybridized carbons (Fsp3) is 0.545. The van der Waals surface area contributed by atoms with E-state index in [2.05, 4.69) is 33.2 Å². The van der Waals surface area contributed by atoms with E-state index in [1.54, 1.807) is 6.20 Å². The fourth-order valence-electron chi connectivity index (χ4n) is 1.47. The van der Waals surface area contributed by atoms with E-state index in [0.717, 1.165) is 22.3 Å². The van der Waals surface area contributed by atoms with Gasteiger partial charge >= 0.3 is 0 Å². The first-order valence-electron chi connectivity index (χ1n) is 5.01. The Labute approximate surface area is 105 Å². The molecule has 84 valence electrons. The average molecular weight is 292 g/mol. The van der Waals surface area contributed by atoms with Gasteiger partial charge in [-0.05, 0) is 54.8 Å². The van der Waals surface area contributed by atoms with Crippen LogP contribution in [0.5, 0.6) is 0 Å². The van der Waals surface area contributed by atoms with Gasteiger partial charge in [0.25, 0.3) is 0 Å². The van der Waals surface area contributed by atoms with Crippen LogP contribution in [-0.2, 0) is 0 Å². The predicted molar refractivity (Wildman–Crippen MR) is 69.7 cm³/mol. The molecule has 1 rings (SSSR count). The summed E-state index contributed by atoms with van der Waals surface area (Å²) in [5.74, 6) is 0.933. The summed E-state index contributed by atoms with van der Waals surface area (Å²) in [6.45, 7) is 6.15. The van der Waals surface area contributed by atoms with Crippen LogP contribution in [0, 0.1) is 6.92 Å². The van der Waals surface area contributed by atoms with Crippen molar-refractivity contribution in [2.24, 2.45) is 0 Å². The van der Waals surface area contributed by atoms with E-state index in [1.807, 2.05) is 19.9 Å². The Morgan fingerprint density at radius 3 is 2.73 bits per heavy atom. The molecule has 1 aromatic rings. The van der Waals surface area contributed by atoms with E-state index in [4.69, 9.17) is 11.6 Å². The second kappa shape index (κ2) is 5.71. The minimum absolute atomic E-state index is 0.184. The van der Waals surface area contributed by atoms with Crippen LogP contribution < -0.4 is 5.32 Å². The molecule has 0 aromatic carbocycles. The number of nitrogens with one attached hydrogen (secondary N) is 1. The van der Waals surface area contributed by atoms with Gasteiger partial charge < -0.3 is 5.32 Å². The zero-order chi connectivity index (χ0) is 11.4. The summed E-state index contributed by atoms with van der Waals surface area (Å²) in [4.78, 5) is 4.32. The van der Waals surface area contributed by atoms with E-state index in [1.165, 1.54) is 0 Å². The fourth-order valence-corrected chi connectivity index (χ4v) is 2.18. The molecule has 0 amide bonds. The molecule has 2 unspecified atom stereocenters. The molecule has 0 saturated carbocycles. The van der Waals surface area contributed by atoms with Crippen LogP contribution in [0.4, 0.5) is 5.82 Å². The maximum absolute atomic E-state index is 5.94. The molecule has 0 aliphatic rings. The molecule has 0 bridgehead atoms. The van der Waals surface area contributed by atoms with Crippen molar-refractivity contribution >= 4 is 33.3 Å². The molecule has 0 aliphatic heterocycles. The number of anilines is 1. The average Bonchev–Trinajstić information content (AvgIpc) is 2.08. The highest BCUT2D eigenvalue weighted by atomic mass is 79.9. The van der Waals surface area contributed by atoms with Crippen molar-refractivity contribution in [2.45, 2.75) is 38.6 Å². The van der Waals surface area contributed by atoms with Crippen molar-refractivity contribution < 1.29 is 0 Å². The summed E-state index contributed by atoms with van der Waals surface area (Å²) in [7, 11) is 0. The maximum Gasteiger partial charge on any atom is 0.129 e. The van der Waals surface area contributed by atoms with Gasteiger partial charge in [0.15, 0.2) is 0 Å². The normalized spacial score (nSPS) is 14.7. The Morgan fingerprint density at radius 2 is 2.20 bits per heavy atom. The Balaban J connectivity index is 2.64. The number of hydrogen-bond donors (Lipinski definition) is 1. The lowest BCUT2D eigenvalue weighted by Gasteiger charge is -2.17. The third kappa shape index (κ3) is 4.39. The van der Waals surface area contributed by atoms with Gasteiger partial charge in [0.1, 0.15) is 5.82 Å². The molecular formula is C11H16BrClN2. The van der Waals surface area contributed by atoms with Gasteiger partial charge in [-0.2, -0.15) is 0 Å². The summed E-state index contributed by atoms with van der Waals surface area (Å²) in [5, 5.41) is 3.54. The van der Waals surface area contributed by atoms with Crippen LogP contribution in [0.2, 0.25) is 0 Å².